The van der Waals surface area contributed by atoms with Crippen molar-refractivity contribution in [1.29, 1.82) is 0 Å². The second-order valence-corrected chi connectivity index (χ2v) is 10.1. The molecule has 1 heterocycles. The molecule has 0 spiro atoms. The van der Waals surface area contributed by atoms with E-state index >= 15 is 0 Å². The zero-order chi connectivity index (χ0) is 26.8. The summed E-state index contributed by atoms with van der Waals surface area (Å²) >= 11 is 0. The van der Waals surface area contributed by atoms with Crippen molar-refractivity contribution in [3.63, 3.8) is 0 Å². The third-order valence-corrected chi connectivity index (χ3v) is 7.68. The second kappa shape index (κ2) is 10.6. The van der Waals surface area contributed by atoms with Crippen molar-refractivity contribution >= 4 is 35.1 Å². The number of carbonyl (C=O) groups is 4. The topological polar surface area (TPSA) is 92.8 Å². The van der Waals surface area contributed by atoms with E-state index in [1.165, 1.54) is 22.6 Å². The molecule has 194 valence electrons. The highest BCUT2D eigenvalue weighted by Gasteiger charge is 2.50. The summed E-state index contributed by atoms with van der Waals surface area (Å²) in [5, 5.41) is 2.71. The summed E-state index contributed by atoms with van der Waals surface area (Å²) in [5.74, 6) is -1.83. The molecule has 1 aliphatic carbocycles. The summed E-state index contributed by atoms with van der Waals surface area (Å²) in [6, 6.07) is 21.9. The maximum Gasteiger partial charge on any atom is 0.338 e. The summed E-state index contributed by atoms with van der Waals surface area (Å²) in [5.41, 5.74) is 4.67. The summed E-state index contributed by atoms with van der Waals surface area (Å²) in [6.45, 7) is 3.51. The largest absolute Gasteiger partial charge is 0.452 e. The average Bonchev–Trinajstić information content (AvgIpc) is 3.19. The van der Waals surface area contributed by atoms with Crippen molar-refractivity contribution in [2.45, 2.75) is 39.0 Å². The van der Waals surface area contributed by atoms with Gasteiger partial charge in [0, 0.05) is 5.69 Å². The molecular weight excluding hydrogens is 480 g/mol. The molecule has 0 radical (unpaired) electrons. The van der Waals surface area contributed by atoms with Crippen LogP contribution in [0.5, 0.6) is 0 Å². The highest BCUT2D eigenvalue weighted by molar-refractivity contribution is 6.22. The van der Waals surface area contributed by atoms with Gasteiger partial charge in [0.15, 0.2) is 6.61 Å². The fraction of sp³-hybridized carbons (Fsp3) is 0.290. The fourth-order valence-electron chi connectivity index (χ4n) is 5.44. The SMILES string of the molecule is Cc1ccc(NC(=O)COC(=O)c2ccc(N3C(=O)[C@H]4C[C@H](c5ccccc5)CC[C@H]4C3=O)cc2)cc1C. The summed E-state index contributed by atoms with van der Waals surface area (Å²) in [7, 11) is 0. The number of hydrogen-bond donors (Lipinski definition) is 1. The van der Waals surface area contributed by atoms with Gasteiger partial charge in [-0.05, 0) is 92.1 Å². The number of ether oxygens (including phenoxy) is 1. The number of aryl methyl sites for hydroxylation is 2. The molecule has 1 saturated carbocycles. The lowest BCUT2D eigenvalue weighted by Crippen LogP contribution is -2.30. The molecule has 0 aromatic heterocycles. The van der Waals surface area contributed by atoms with Crippen LogP contribution in [0.15, 0.2) is 72.8 Å². The van der Waals surface area contributed by atoms with Crippen LogP contribution in [0.25, 0.3) is 0 Å². The van der Waals surface area contributed by atoms with E-state index in [1.54, 1.807) is 18.2 Å². The third kappa shape index (κ3) is 5.09. The molecule has 7 heteroatoms. The molecule has 3 amide bonds. The quantitative estimate of drug-likeness (QED) is 0.365. The van der Waals surface area contributed by atoms with Crippen molar-refractivity contribution < 1.29 is 23.9 Å². The number of anilines is 2. The van der Waals surface area contributed by atoms with Gasteiger partial charge in [-0.2, -0.15) is 0 Å². The maximum atomic E-state index is 13.3. The van der Waals surface area contributed by atoms with Crippen molar-refractivity contribution in [3.05, 3.63) is 95.1 Å². The van der Waals surface area contributed by atoms with Gasteiger partial charge in [-0.15, -0.1) is 0 Å². The molecule has 0 unspecified atom stereocenters. The lowest BCUT2D eigenvalue weighted by molar-refractivity contribution is -0.122. The van der Waals surface area contributed by atoms with Gasteiger partial charge in [0.1, 0.15) is 0 Å². The van der Waals surface area contributed by atoms with Gasteiger partial charge in [-0.1, -0.05) is 36.4 Å². The summed E-state index contributed by atoms with van der Waals surface area (Å²) in [6.07, 6.45) is 2.21. The number of amides is 3. The number of nitrogens with zero attached hydrogens (tertiary/aromatic N) is 1. The van der Waals surface area contributed by atoms with Crippen LogP contribution in [0, 0.1) is 25.7 Å². The monoisotopic (exact) mass is 510 g/mol. The highest BCUT2D eigenvalue weighted by atomic mass is 16.5. The molecule has 38 heavy (non-hydrogen) atoms. The standard InChI is InChI=1S/C31H30N2O5/c1-19-8-12-24(16-20(19)2)32-28(34)18-38-31(37)22-9-13-25(14-10-22)33-29(35)26-15-11-23(17-27(26)30(33)36)21-6-4-3-5-7-21/h3-10,12-14,16,23,26-27H,11,15,17-18H2,1-2H3,(H,32,34)/t23-,26-,27+/m1/s1. The Bertz CT molecular complexity index is 1380. The molecular formula is C31H30N2O5. The fourth-order valence-corrected chi connectivity index (χ4v) is 5.44. The van der Waals surface area contributed by atoms with Crippen LogP contribution >= 0.6 is 0 Å². The zero-order valence-corrected chi connectivity index (χ0v) is 21.5. The molecule has 7 nitrogen and oxygen atoms in total. The number of rotatable bonds is 6. The second-order valence-electron chi connectivity index (χ2n) is 10.1. The zero-order valence-electron chi connectivity index (χ0n) is 21.5. The molecule has 3 aromatic rings. The Morgan fingerprint density at radius 2 is 1.58 bits per heavy atom. The Balaban J connectivity index is 1.19. The van der Waals surface area contributed by atoms with Gasteiger partial charge in [-0.3, -0.25) is 19.3 Å². The van der Waals surface area contributed by atoms with Crippen LogP contribution in [0.1, 0.15) is 52.2 Å². The first-order chi connectivity index (χ1) is 18.3. The van der Waals surface area contributed by atoms with Crippen molar-refractivity contribution in [3.8, 4) is 0 Å². The first kappa shape index (κ1) is 25.4. The normalized spacial score (nSPS) is 20.7. The predicted molar refractivity (Wildman–Crippen MR) is 144 cm³/mol. The lowest BCUT2D eigenvalue weighted by Gasteiger charge is -2.28. The first-order valence-electron chi connectivity index (χ1n) is 12.9. The Hall–Kier alpha value is -4.26. The summed E-state index contributed by atoms with van der Waals surface area (Å²) < 4.78 is 5.16. The van der Waals surface area contributed by atoms with E-state index in [0.29, 0.717) is 24.2 Å². The molecule has 1 saturated heterocycles. The predicted octanol–water partition coefficient (Wildman–Crippen LogP) is 5.17. The van der Waals surface area contributed by atoms with Crippen LogP contribution in [-0.4, -0.2) is 30.3 Å². The Morgan fingerprint density at radius 3 is 2.29 bits per heavy atom. The van der Waals surface area contributed by atoms with Gasteiger partial charge in [0.05, 0.1) is 23.1 Å². The molecule has 1 N–H and O–H groups in total. The van der Waals surface area contributed by atoms with Gasteiger partial charge in [-0.25, -0.2) is 4.79 Å². The maximum absolute atomic E-state index is 13.3. The molecule has 2 aliphatic rings. The number of nitrogens with one attached hydrogen (secondary N) is 1. The Morgan fingerprint density at radius 1 is 0.868 bits per heavy atom. The van der Waals surface area contributed by atoms with Crippen molar-refractivity contribution in [2.75, 3.05) is 16.8 Å². The van der Waals surface area contributed by atoms with Crippen LogP contribution in [0.4, 0.5) is 11.4 Å². The van der Waals surface area contributed by atoms with Crippen LogP contribution in [0.3, 0.4) is 0 Å². The minimum Gasteiger partial charge on any atom is -0.452 e. The van der Waals surface area contributed by atoms with E-state index in [-0.39, 0.29) is 35.1 Å². The summed E-state index contributed by atoms with van der Waals surface area (Å²) in [4.78, 5) is 52.4. The van der Waals surface area contributed by atoms with Crippen molar-refractivity contribution in [2.24, 2.45) is 11.8 Å². The van der Waals surface area contributed by atoms with Crippen molar-refractivity contribution in [1.82, 2.24) is 0 Å². The van der Waals surface area contributed by atoms with E-state index in [9.17, 15) is 19.2 Å². The molecule has 3 atom stereocenters. The molecule has 3 aromatic carbocycles. The first-order valence-corrected chi connectivity index (χ1v) is 12.9. The number of benzene rings is 3. The Kier molecular flexibility index (Phi) is 7.09. The highest BCUT2D eigenvalue weighted by Crippen LogP contribution is 2.45. The van der Waals surface area contributed by atoms with Gasteiger partial charge in [0.25, 0.3) is 5.91 Å². The van der Waals surface area contributed by atoms with Crippen LogP contribution in [0.2, 0.25) is 0 Å². The molecule has 2 fully saturated rings. The van der Waals surface area contributed by atoms with E-state index in [0.717, 1.165) is 17.5 Å². The van der Waals surface area contributed by atoms with Gasteiger partial charge >= 0.3 is 5.97 Å². The minimum absolute atomic E-state index is 0.176. The molecule has 0 bridgehead atoms. The van der Waals surface area contributed by atoms with Gasteiger partial charge < -0.3 is 10.1 Å². The Labute approximate surface area is 221 Å². The number of imide groups is 1. The van der Waals surface area contributed by atoms with E-state index in [1.807, 2.05) is 44.2 Å². The van der Waals surface area contributed by atoms with Crippen LogP contribution in [-0.2, 0) is 19.1 Å². The average molecular weight is 511 g/mol. The third-order valence-electron chi connectivity index (χ3n) is 7.68. The van der Waals surface area contributed by atoms with E-state index in [4.69, 9.17) is 4.74 Å². The molecule has 5 rings (SSSR count). The van der Waals surface area contributed by atoms with E-state index < -0.39 is 18.5 Å². The molecule has 1 aliphatic heterocycles. The lowest BCUT2D eigenvalue weighted by atomic mass is 9.73. The number of carbonyl (C=O) groups excluding carboxylic acids is 4. The smallest absolute Gasteiger partial charge is 0.338 e. The number of fused-ring (bicyclic) bond motifs is 1. The minimum atomic E-state index is -0.662. The van der Waals surface area contributed by atoms with E-state index in [2.05, 4.69) is 17.4 Å². The van der Waals surface area contributed by atoms with Gasteiger partial charge in [0.2, 0.25) is 11.8 Å². The van der Waals surface area contributed by atoms with Crippen LogP contribution < -0.4 is 10.2 Å². The number of esters is 1. The number of hydrogen-bond acceptors (Lipinski definition) is 5.